The molecule has 0 bridgehead atoms. The van der Waals surface area contributed by atoms with E-state index in [4.69, 9.17) is 0 Å². The van der Waals surface area contributed by atoms with E-state index in [2.05, 4.69) is 48.4 Å². The summed E-state index contributed by atoms with van der Waals surface area (Å²) < 4.78 is 0. The summed E-state index contributed by atoms with van der Waals surface area (Å²) in [6.45, 7) is 4.43. The Morgan fingerprint density at radius 2 is 2.00 bits per heavy atom. The molecule has 1 aromatic heterocycles. The van der Waals surface area contributed by atoms with E-state index in [-0.39, 0.29) is 5.91 Å². The fourth-order valence-electron chi connectivity index (χ4n) is 4.36. The normalized spacial score (nSPS) is 17.3. The lowest BCUT2D eigenvalue weighted by Crippen LogP contribution is -2.03. The largest absolute Gasteiger partial charge is 0.358 e. The van der Waals surface area contributed by atoms with Crippen LogP contribution in [0.5, 0.6) is 0 Å². The van der Waals surface area contributed by atoms with Crippen LogP contribution in [0.15, 0.2) is 18.2 Å². The van der Waals surface area contributed by atoms with Gasteiger partial charge >= 0.3 is 0 Å². The molecule has 136 valence electrons. The molecule has 4 rings (SSSR count). The highest BCUT2D eigenvalue weighted by Crippen LogP contribution is 2.36. The molecule has 3 heteroatoms. The number of hydrogen-bond acceptors (Lipinski definition) is 1. The van der Waals surface area contributed by atoms with Crippen molar-refractivity contribution in [3.8, 4) is 0 Å². The van der Waals surface area contributed by atoms with Gasteiger partial charge in [-0.25, -0.2) is 0 Å². The van der Waals surface area contributed by atoms with Gasteiger partial charge in [0.2, 0.25) is 0 Å². The Balaban J connectivity index is 1.75. The summed E-state index contributed by atoms with van der Waals surface area (Å²) in [7, 11) is 0. The molecular formula is C23H28N2O. The van der Waals surface area contributed by atoms with Crippen molar-refractivity contribution in [3.63, 3.8) is 0 Å². The van der Waals surface area contributed by atoms with Gasteiger partial charge in [-0.15, -0.1) is 0 Å². The SMILES string of the molecule is CCCCc1ccc2c(c1)C(=Cc1[nH]c3c(c1CC)CCCC3)C(=O)N2. The Morgan fingerprint density at radius 1 is 1.15 bits per heavy atom. The van der Waals surface area contributed by atoms with Gasteiger partial charge in [-0.1, -0.05) is 26.3 Å². The van der Waals surface area contributed by atoms with E-state index in [1.165, 1.54) is 54.5 Å². The van der Waals surface area contributed by atoms with Crippen LogP contribution in [-0.4, -0.2) is 10.9 Å². The first-order chi connectivity index (χ1) is 12.7. The highest BCUT2D eigenvalue weighted by Gasteiger charge is 2.26. The fourth-order valence-corrected chi connectivity index (χ4v) is 4.36. The Hall–Kier alpha value is -2.29. The molecule has 1 aliphatic heterocycles. The molecule has 2 aromatic rings. The molecule has 2 aliphatic rings. The first kappa shape index (κ1) is 17.1. The molecule has 26 heavy (non-hydrogen) atoms. The lowest BCUT2D eigenvalue weighted by Gasteiger charge is -2.11. The maximum atomic E-state index is 12.6. The number of carbonyl (C=O) groups is 1. The number of aromatic nitrogens is 1. The average Bonchev–Trinajstić information content (AvgIpc) is 3.17. The third-order valence-corrected chi connectivity index (χ3v) is 5.77. The Kier molecular flexibility index (Phi) is 4.71. The van der Waals surface area contributed by atoms with Crippen LogP contribution in [0.25, 0.3) is 11.6 Å². The smallest absolute Gasteiger partial charge is 0.256 e. The van der Waals surface area contributed by atoms with Gasteiger partial charge in [-0.2, -0.15) is 0 Å². The maximum absolute atomic E-state index is 12.6. The Labute approximate surface area is 155 Å². The number of amides is 1. The van der Waals surface area contributed by atoms with Crippen LogP contribution in [-0.2, 0) is 30.5 Å². The third kappa shape index (κ3) is 3.00. The highest BCUT2D eigenvalue weighted by molar-refractivity contribution is 6.34. The number of carbonyl (C=O) groups excluding carboxylic acids is 1. The number of aromatic amines is 1. The zero-order valence-corrected chi connectivity index (χ0v) is 15.9. The minimum atomic E-state index is 0.0160. The maximum Gasteiger partial charge on any atom is 0.256 e. The number of rotatable bonds is 5. The summed E-state index contributed by atoms with van der Waals surface area (Å²) >= 11 is 0. The minimum absolute atomic E-state index is 0.0160. The van der Waals surface area contributed by atoms with Crippen LogP contribution >= 0.6 is 0 Å². The lowest BCUT2D eigenvalue weighted by atomic mass is 9.93. The molecule has 0 unspecified atom stereocenters. The first-order valence-corrected chi connectivity index (χ1v) is 10.1. The molecule has 3 nitrogen and oxygen atoms in total. The van der Waals surface area contributed by atoms with E-state index in [0.29, 0.717) is 0 Å². The van der Waals surface area contributed by atoms with E-state index in [1.807, 2.05) is 0 Å². The van der Waals surface area contributed by atoms with E-state index in [1.54, 1.807) is 0 Å². The van der Waals surface area contributed by atoms with Crippen LogP contribution in [0.1, 0.15) is 73.2 Å². The van der Waals surface area contributed by atoms with Crippen molar-refractivity contribution in [2.75, 3.05) is 5.32 Å². The molecule has 1 amide bonds. The van der Waals surface area contributed by atoms with E-state index in [9.17, 15) is 4.79 Å². The topological polar surface area (TPSA) is 44.9 Å². The predicted octanol–water partition coefficient (Wildman–Crippen LogP) is 5.29. The molecule has 0 spiro atoms. The van der Waals surface area contributed by atoms with Crippen LogP contribution in [0.2, 0.25) is 0 Å². The summed E-state index contributed by atoms with van der Waals surface area (Å²) in [5.41, 5.74) is 9.53. The average molecular weight is 348 g/mol. The number of aryl methyl sites for hydroxylation is 2. The molecule has 1 aliphatic carbocycles. The van der Waals surface area contributed by atoms with Gasteiger partial charge in [0.15, 0.2) is 0 Å². The summed E-state index contributed by atoms with van der Waals surface area (Å²) in [5.74, 6) is 0.0160. The second-order valence-corrected chi connectivity index (χ2v) is 7.53. The van der Waals surface area contributed by atoms with E-state index >= 15 is 0 Å². The highest BCUT2D eigenvalue weighted by atomic mass is 16.2. The van der Waals surface area contributed by atoms with Gasteiger partial charge < -0.3 is 10.3 Å². The molecule has 1 aromatic carbocycles. The number of benzene rings is 1. The van der Waals surface area contributed by atoms with Crippen molar-refractivity contribution in [1.29, 1.82) is 0 Å². The van der Waals surface area contributed by atoms with Crippen LogP contribution in [0.4, 0.5) is 5.69 Å². The zero-order valence-electron chi connectivity index (χ0n) is 15.9. The molecular weight excluding hydrogens is 320 g/mol. The first-order valence-electron chi connectivity index (χ1n) is 10.1. The van der Waals surface area contributed by atoms with Gasteiger partial charge in [0.1, 0.15) is 0 Å². The Bertz CT molecular complexity index is 873. The van der Waals surface area contributed by atoms with Crippen molar-refractivity contribution in [1.82, 2.24) is 4.98 Å². The summed E-state index contributed by atoms with van der Waals surface area (Å²) in [5, 5.41) is 3.03. The summed E-state index contributed by atoms with van der Waals surface area (Å²) in [4.78, 5) is 16.2. The van der Waals surface area contributed by atoms with Gasteiger partial charge in [-0.05, 0) is 79.8 Å². The molecule has 0 atom stereocenters. The number of hydrogen-bond donors (Lipinski definition) is 2. The number of anilines is 1. The van der Waals surface area contributed by atoms with Gasteiger partial charge in [0.05, 0.1) is 5.57 Å². The monoisotopic (exact) mass is 348 g/mol. The Morgan fingerprint density at radius 3 is 2.81 bits per heavy atom. The van der Waals surface area contributed by atoms with Crippen LogP contribution in [0.3, 0.4) is 0 Å². The van der Waals surface area contributed by atoms with Crippen molar-refractivity contribution < 1.29 is 4.79 Å². The number of nitrogens with one attached hydrogen (secondary N) is 2. The third-order valence-electron chi connectivity index (χ3n) is 5.77. The van der Waals surface area contributed by atoms with Crippen molar-refractivity contribution in [2.24, 2.45) is 0 Å². The number of unbranched alkanes of at least 4 members (excludes halogenated alkanes) is 1. The lowest BCUT2D eigenvalue weighted by molar-refractivity contribution is -0.110. The van der Waals surface area contributed by atoms with Crippen molar-refractivity contribution in [3.05, 3.63) is 51.8 Å². The quantitative estimate of drug-likeness (QED) is 0.708. The second kappa shape index (κ2) is 7.14. The standard InChI is InChI=1S/C23H28N2O/c1-3-5-8-15-11-12-21-18(13-15)19(23(26)25-21)14-22-16(4-2)17-9-6-7-10-20(17)24-22/h11-14,24H,3-10H2,1-2H3,(H,25,26). The van der Waals surface area contributed by atoms with E-state index < -0.39 is 0 Å². The zero-order chi connectivity index (χ0) is 18.1. The number of fused-ring (bicyclic) bond motifs is 2. The molecule has 0 fully saturated rings. The fraction of sp³-hybridized carbons (Fsp3) is 0.435. The van der Waals surface area contributed by atoms with Gasteiger partial charge in [-0.3, -0.25) is 4.79 Å². The molecule has 0 radical (unpaired) electrons. The number of H-pyrrole nitrogens is 1. The summed E-state index contributed by atoms with van der Waals surface area (Å²) in [6, 6.07) is 6.39. The van der Waals surface area contributed by atoms with Crippen molar-refractivity contribution >= 4 is 23.2 Å². The van der Waals surface area contributed by atoms with Gasteiger partial charge in [0, 0.05) is 22.6 Å². The molecule has 0 saturated carbocycles. The molecule has 2 heterocycles. The molecule has 2 N–H and O–H groups in total. The predicted molar refractivity (Wildman–Crippen MR) is 108 cm³/mol. The molecule has 0 saturated heterocycles. The van der Waals surface area contributed by atoms with Crippen LogP contribution in [0, 0.1) is 0 Å². The second-order valence-electron chi connectivity index (χ2n) is 7.53. The summed E-state index contributed by atoms with van der Waals surface area (Å²) in [6.07, 6.45) is 11.4. The minimum Gasteiger partial charge on any atom is -0.358 e. The van der Waals surface area contributed by atoms with Gasteiger partial charge in [0.25, 0.3) is 5.91 Å². The van der Waals surface area contributed by atoms with E-state index in [0.717, 1.165) is 41.8 Å². The van der Waals surface area contributed by atoms with Crippen LogP contribution < -0.4 is 5.32 Å². The van der Waals surface area contributed by atoms with Crippen molar-refractivity contribution in [2.45, 2.75) is 65.2 Å².